The Labute approximate surface area is 104 Å². The van der Waals surface area contributed by atoms with E-state index in [1.807, 2.05) is 11.3 Å². The average Bonchev–Trinajstić information content (AvgIpc) is 2.53. The van der Waals surface area contributed by atoms with E-state index in [1.54, 1.807) is 0 Å². The molecule has 0 aliphatic carbocycles. The fourth-order valence-electron chi connectivity index (χ4n) is 1.46. The largest absolute Gasteiger partial charge is 0.396 e. The molecular formula is C11H18BrNOS. The molecule has 1 atom stereocenters. The van der Waals surface area contributed by atoms with Crippen molar-refractivity contribution < 1.29 is 5.11 Å². The van der Waals surface area contributed by atoms with Gasteiger partial charge < -0.3 is 10.4 Å². The molecule has 0 saturated carbocycles. The summed E-state index contributed by atoms with van der Waals surface area (Å²) in [6, 6.07) is 2.59. The fourth-order valence-corrected chi connectivity index (χ4v) is 3.01. The molecule has 1 heterocycles. The fraction of sp³-hybridized carbons (Fsp3) is 0.636. The SMILES string of the molecule is CCC(CCO)NCc1cc(Br)c(C)s1. The Bertz CT molecular complexity index is 281. The molecule has 86 valence electrons. The van der Waals surface area contributed by atoms with Gasteiger partial charge in [0, 0.05) is 33.4 Å². The van der Waals surface area contributed by atoms with Crippen LogP contribution in [0, 0.1) is 6.92 Å². The summed E-state index contributed by atoms with van der Waals surface area (Å²) < 4.78 is 1.19. The molecule has 0 spiro atoms. The topological polar surface area (TPSA) is 32.3 Å². The molecule has 0 aliphatic rings. The van der Waals surface area contributed by atoms with E-state index in [9.17, 15) is 0 Å². The third-order valence-corrected chi connectivity index (χ3v) is 4.58. The minimum Gasteiger partial charge on any atom is -0.396 e. The third-order valence-electron chi connectivity index (χ3n) is 2.44. The average molecular weight is 292 g/mol. The predicted molar refractivity (Wildman–Crippen MR) is 69.4 cm³/mol. The van der Waals surface area contributed by atoms with E-state index in [1.165, 1.54) is 14.2 Å². The van der Waals surface area contributed by atoms with E-state index in [0.29, 0.717) is 6.04 Å². The zero-order chi connectivity index (χ0) is 11.3. The van der Waals surface area contributed by atoms with Gasteiger partial charge in [-0.3, -0.25) is 0 Å². The summed E-state index contributed by atoms with van der Waals surface area (Å²) in [5.41, 5.74) is 0. The summed E-state index contributed by atoms with van der Waals surface area (Å²) in [6.07, 6.45) is 1.90. The van der Waals surface area contributed by atoms with E-state index in [-0.39, 0.29) is 6.61 Å². The number of halogens is 1. The lowest BCUT2D eigenvalue weighted by Gasteiger charge is -2.14. The Morgan fingerprint density at radius 2 is 2.33 bits per heavy atom. The number of hydrogen-bond donors (Lipinski definition) is 2. The molecule has 1 unspecified atom stereocenters. The highest BCUT2D eigenvalue weighted by Crippen LogP contribution is 2.26. The molecule has 1 aromatic rings. The van der Waals surface area contributed by atoms with Crippen LogP contribution in [0.15, 0.2) is 10.5 Å². The van der Waals surface area contributed by atoms with Crippen molar-refractivity contribution in [3.05, 3.63) is 20.3 Å². The van der Waals surface area contributed by atoms with Crippen molar-refractivity contribution in [3.63, 3.8) is 0 Å². The Balaban J connectivity index is 2.41. The van der Waals surface area contributed by atoms with Crippen molar-refractivity contribution in [2.45, 2.75) is 39.3 Å². The Morgan fingerprint density at radius 1 is 1.60 bits per heavy atom. The molecule has 0 aromatic carbocycles. The number of aliphatic hydroxyl groups excluding tert-OH is 1. The van der Waals surface area contributed by atoms with Crippen LogP contribution >= 0.6 is 27.3 Å². The first kappa shape index (κ1) is 13.2. The first-order chi connectivity index (χ1) is 7.17. The second-order valence-corrected chi connectivity index (χ2v) is 5.81. The number of aryl methyl sites for hydroxylation is 1. The zero-order valence-corrected chi connectivity index (χ0v) is 11.6. The molecule has 0 fully saturated rings. The van der Waals surface area contributed by atoms with Crippen molar-refractivity contribution in [2.75, 3.05) is 6.61 Å². The quantitative estimate of drug-likeness (QED) is 0.844. The van der Waals surface area contributed by atoms with Gasteiger partial charge in [-0.1, -0.05) is 6.92 Å². The van der Waals surface area contributed by atoms with Crippen LogP contribution < -0.4 is 5.32 Å². The van der Waals surface area contributed by atoms with Crippen molar-refractivity contribution in [3.8, 4) is 0 Å². The summed E-state index contributed by atoms with van der Waals surface area (Å²) in [5.74, 6) is 0. The van der Waals surface area contributed by atoms with E-state index in [2.05, 4.69) is 41.2 Å². The van der Waals surface area contributed by atoms with Gasteiger partial charge in [0.25, 0.3) is 0 Å². The van der Waals surface area contributed by atoms with Crippen LogP contribution in [0.1, 0.15) is 29.5 Å². The lowest BCUT2D eigenvalue weighted by Crippen LogP contribution is -2.28. The Morgan fingerprint density at radius 3 is 2.80 bits per heavy atom. The first-order valence-electron chi connectivity index (χ1n) is 5.26. The molecule has 0 aliphatic heterocycles. The summed E-state index contributed by atoms with van der Waals surface area (Å²) in [6.45, 7) is 5.42. The Hall–Kier alpha value is 0.1000. The van der Waals surface area contributed by atoms with Crippen molar-refractivity contribution in [2.24, 2.45) is 0 Å². The zero-order valence-electron chi connectivity index (χ0n) is 9.22. The van der Waals surface area contributed by atoms with Crippen molar-refractivity contribution in [1.82, 2.24) is 5.32 Å². The van der Waals surface area contributed by atoms with Crippen molar-refractivity contribution in [1.29, 1.82) is 0 Å². The summed E-state index contributed by atoms with van der Waals surface area (Å²) in [7, 11) is 0. The number of nitrogens with one attached hydrogen (secondary N) is 1. The van der Waals surface area contributed by atoms with E-state index in [0.717, 1.165) is 19.4 Å². The molecule has 0 amide bonds. The van der Waals surface area contributed by atoms with Crippen LogP contribution in [-0.2, 0) is 6.54 Å². The monoisotopic (exact) mass is 291 g/mol. The van der Waals surface area contributed by atoms with Gasteiger partial charge in [-0.05, 0) is 41.8 Å². The van der Waals surface area contributed by atoms with Gasteiger partial charge in [-0.2, -0.15) is 0 Å². The molecular weight excluding hydrogens is 274 g/mol. The number of aliphatic hydroxyl groups is 1. The van der Waals surface area contributed by atoms with Crippen LogP contribution in [0.4, 0.5) is 0 Å². The normalized spacial score (nSPS) is 13.1. The first-order valence-corrected chi connectivity index (χ1v) is 6.87. The summed E-state index contributed by atoms with van der Waals surface area (Å²) >= 11 is 5.33. The van der Waals surface area contributed by atoms with Gasteiger partial charge in [0.1, 0.15) is 0 Å². The van der Waals surface area contributed by atoms with Gasteiger partial charge in [-0.15, -0.1) is 11.3 Å². The molecule has 2 N–H and O–H groups in total. The van der Waals surface area contributed by atoms with Crippen LogP contribution in [0.25, 0.3) is 0 Å². The molecule has 1 rings (SSSR count). The summed E-state index contributed by atoms with van der Waals surface area (Å²) in [4.78, 5) is 2.66. The highest BCUT2D eigenvalue weighted by atomic mass is 79.9. The molecule has 2 nitrogen and oxygen atoms in total. The molecule has 4 heteroatoms. The van der Waals surface area contributed by atoms with Crippen LogP contribution in [0.2, 0.25) is 0 Å². The molecule has 0 saturated heterocycles. The predicted octanol–water partition coefficient (Wildman–Crippen LogP) is 3.07. The third kappa shape index (κ3) is 4.23. The van der Waals surface area contributed by atoms with E-state index >= 15 is 0 Å². The smallest absolute Gasteiger partial charge is 0.0445 e. The van der Waals surface area contributed by atoms with Crippen LogP contribution in [-0.4, -0.2) is 17.8 Å². The number of rotatable bonds is 6. The maximum atomic E-state index is 8.87. The number of thiophene rings is 1. The van der Waals surface area contributed by atoms with Gasteiger partial charge in [0.05, 0.1) is 0 Å². The minimum absolute atomic E-state index is 0.263. The van der Waals surface area contributed by atoms with Gasteiger partial charge in [0.2, 0.25) is 0 Å². The van der Waals surface area contributed by atoms with E-state index in [4.69, 9.17) is 5.11 Å². The lowest BCUT2D eigenvalue weighted by molar-refractivity contribution is 0.262. The molecule has 0 bridgehead atoms. The molecule has 15 heavy (non-hydrogen) atoms. The Kier molecular flexibility index (Phi) is 5.82. The van der Waals surface area contributed by atoms with Gasteiger partial charge >= 0.3 is 0 Å². The van der Waals surface area contributed by atoms with Crippen molar-refractivity contribution >= 4 is 27.3 Å². The standard InChI is InChI=1S/C11H18BrNOS/c1-3-9(4-5-14)13-7-10-6-11(12)8(2)15-10/h6,9,13-14H,3-5,7H2,1-2H3. The second kappa shape index (κ2) is 6.63. The van der Waals surface area contributed by atoms with E-state index < -0.39 is 0 Å². The summed E-state index contributed by atoms with van der Waals surface area (Å²) in [5, 5.41) is 12.3. The maximum absolute atomic E-state index is 8.87. The molecule has 1 aromatic heterocycles. The number of hydrogen-bond acceptors (Lipinski definition) is 3. The van der Waals surface area contributed by atoms with Crippen LogP contribution in [0.5, 0.6) is 0 Å². The minimum atomic E-state index is 0.263. The second-order valence-electron chi connectivity index (χ2n) is 3.62. The van der Waals surface area contributed by atoms with Gasteiger partial charge in [-0.25, -0.2) is 0 Å². The maximum Gasteiger partial charge on any atom is 0.0445 e. The lowest BCUT2D eigenvalue weighted by atomic mass is 10.1. The highest BCUT2D eigenvalue weighted by Gasteiger charge is 2.07. The molecule has 0 radical (unpaired) electrons. The highest BCUT2D eigenvalue weighted by molar-refractivity contribution is 9.10. The van der Waals surface area contributed by atoms with Crippen LogP contribution in [0.3, 0.4) is 0 Å². The van der Waals surface area contributed by atoms with Gasteiger partial charge in [0.15, 0.2) is 0 Å².